The van der Waals surface area contributed by atoms with E-state index < -0.39 is 5.97 Å². The van der Waals surface area contributed by atoms with Crippen molar-refractivity contribution >= 4 is 34.4 Å². The van der Waals surface area contributed by atoms with Crippen LogP contribution in [0.2, 0.25) is 5.02 Å². The second-order valence-electron chi connectivity index (χ2n) is 4.25. The lowest BCUT2D eigenvalue weighted by Gasteiger charge is -1.96. The molecule has 6 heteroatoms. The van der Waals surface area contributed by atoms with E-state index in [2.05, 4.69) is 9.97 Å². The molecule has 0 bridgehead atoms. The number of aryl methyl sites for hydroxylation is 1. The molecule has 0 spiro atoms. The number of aliphatic carboxylic acids is 1. The molecular formula is C12H10ClN3O2. The number of aromatic amines is 1. The van der Waals surface area contributed by atoms with Gasteiger partial charge < -0.3 is 10.1 Å². The molecular weight excluding hydrogens is 254 g/mol. The van der Waals surface area contributed by atoms with Gasteiger partial charge >= 0.3 is 5.97 Å². The number of fused-ring (bicyclic) bond motifs is 3. The van der Waals surface area contributed by atoms with Crippen molar-refractivity contribution in [1.29, 1.82) is 0 Å². The van der Waals surface area contributed by atoms with Gasteiger partial charge in [0.05, 0.1) is 17.5 Å². The summed E-state index contributed by atoms with van der Waals surface area (Å²) in [5, 5.41) is 9.40. The molecule has 5 nitrogen and oxygen atoms in total. The van der Waals surface area contributed by atoms with Gasteiger partial charge in [0.2, 0.25) is 5.78 Å². The summed E-state index contributed by atoms with van der Waals surface area (Å²) in [4.78, 5) is 18.1. The topological polar surface area (TPSA) is 70.4 Å². The second kappa shape index (κ2) is 3.74. The third-order valence-electron chi connectivity index (χ3n) is 2.85. The zero-order valence-electron chi connectivity index (χ0n) is 9.57. The summed E-state index contributed by atoms with van der Waals surface area (Å²) in [6.45, 7) is 1.94. The Morgan fingerprint density at radius 1 is 1.56 bits per heavy atom. The van der Waals surface area contributed by atoms with Crippen LogP contribution in [0.15, 0.2) is 18.3 Å². The second-order valence-corrected chi connectivity index (χ2v) is 4.68. The number of H-pyrrole nitrogens is 1. The Hall–Kier alpha value is -2.01. The Morgan fingerprint density at radius 3 is 3.06 bits per heavy atom. The number of halogens is 1. The first-order chi connectivity index (χ1) is 8.54. The van der Waals surface area contributed by atoms with Crippen molar-refractivity contribution in [1.82, 2.24) is 14.4 Å². The number of hydrogen-bond acceptors (Lipinski definition) is 2. The number of hydrogen-bond donors (Lipinski definition) is 2. The molecule has 2 aromatic heterocycles. The maximum Gasteiger partial charge on any atom is 0.309 e. The van der Waals surface area contributed by atoms with Crippen molar-refractivity contribution in [2.45, 2.75) is 13.3 Å². The van der Waals surface area contributed by atoms with Gasteiger partial charge in [-0.3, -0.25) is 9.20 Å². The van der Waals surface area contributed by atoms with Crippen LogP contribution in [0.4, 0.5) is 0 Å². The number of nitrogens with one attached hydrogen (secondary N) is 1. The third-order valence-corrected chi connectivity index (χ3v) is 3.07. The number of carboxylic acid groups (broad SMARTS) is 1. The van der Waals surface area contributed by atoms with Crippen molar-refractivity contribution in [3.63, 3.8) is 0 Å². The van der Waals surface area contributed by atoms with Gasteiger partial charge in [0.1, 0.15) is 0 Å². The summed E-state index contributed by atoms with van der Waals surface area (Å²) < 4.78 is 1.83. The highest BCUT2D eigenvalue weighted by Crippen LogP contribution is 2.24. The molecule has 3 rings (SSSR count). The van der Waals surface area contributed by atoms with Crippen LogP contribution < -0.4 is 0 Å². The molecule has 1 aromatic carbocycles. The molecule has 3 aromatic rings. The van der Waals surface area contributed by atoms with Gasteiger partial charge in [0.15, 0.2) is 0 Å². The van der Waals surface area contributed by atoms with Gasteiger partial charge in [-0.2, -0.15) is 0 Å². The van der Waals surface area contributed by atoms with Crippen LogP contribution in [0.5, 0.6) is 0 Å². The maximum atomic E-state index is 10.7. The number of carbonyl (C=O) groups is 1. The normalized spacial score (nSPS) is 11.4. The average Bonchev–Trinajstić information content (AvgIpc) is 2.75. The molecule has 0 radical (unpaired) electrons. The largest absolute Gasteiger partial charge is 0.481 e. The fraction of sp³-hybridized carbons (Fsp3) is 0.167. The monoisotopic (exact) mass is 263 g/mol. The fourth-order valence-corrected chi connectivity index (χ4v) is 2.39. The van der Waals surface area contributed by atoms with Gasteiger partial charge in [-0.15, -0.1) is 0 Å². The summed E-state index contributed by atoms with van der Waals surface area (Å²) in [7, 11) is 0. The van der Waals surface area contributed by atoms with E-state index in [0.29, 0.717) is 16.5 Å². The zero-order valence-corrected chi connectivity index (χ0v) is 10.3. The Balaban J connectivity index is 2.27. The highest BCUT2D eigenvalue weighted by atomic mass is 35.5. The summed E-state index contributed by atoms with van der Waals surface area (Å²) in [5.74, 6) is -0.246. The molecule has 0 aliphatic rings. The van der Waals surface area contributed by atoms with Crippen molar-refractivity contribution in [2.24, 2.45) is 0 Å². The molecule has 0 saturated heterocycles. The van der Waals surface area contributed by atoms with Crippen molar-refractivity contribution in [3.05, 3.63) is 34.6 Å². The highest BCUT2D eigenvalue weighted by molar-refractivity contribution is 6.31. The minimum atomic E-state index is -0.877. The molecule has 92 valence electrons. The minimum Gasteiger partial charge on any atom is -0.481 e. The highest BCUT2D eigenvalue weighted by Gasteiger charge is 2.12. The lowest BCUT2D eigenvalue weighted by Crippen LogP contribution is -1.99. The number of imidazole rings is 2. The van der Waals surface area contributed by atoms with Gasteiger partial charge in [0, 0.05) is 16.9 Å². The Kier molecular flexibility index (Phi) is 2.31. The van der Waals surface area contributed by atoms with E-state index in [9.17, 15) is 4.79 Å². The number of rotatable bonds is 2. The lowest BCUT2D eigenvalue weighted by atomic mass is 10.2. The maximum absolute atomic E-state index is 10.7. The molecule has 0 aliphatic carbocycles. The van der Waals surface area contributed by atoms with E-state index in [1.165, 1.54) is 0 Å². The molecule has 2 N–H and O–H groups in total. The quantitative estimate of drug-likeness (QED) is 0.746. The van der Waals surface area contributed by atoms with E-state index in [-0.39, 0.29) is 6.42 Å². The Morgan fingerprint density at radius 2 is 2.33 bits per heavy atom. The van der Waals surface area contributed by atoms with Crippen LogP contribution in [0.25, 0.3) is 16.8 Å². The molecule has 0 atom stereocenters. The van der Waals surface area contributed by atoms with Gasteiger partial charge in [0.25, 0.3) is 0 Å². The molecule has 2 heterocycles. The Labute approximate surface area is 107 Å². The van der Waals surface area contributed by atoms with Gasteiger partial charge in [-0.1, -0.05) is 11.6 Å². The molecule has 0 amide bonds. The number of carboxylic acids is 1. The first-order valence-electron chi connectivity index (χ1n) is 5.42. The van der Waals surface area contributed by atoms with Gasteiger partial charge in [-0.05, 0) is 24.6 Å². The molecule has 0 aliphatic heterocycles. The molecule has 18 heavy (non-hydrogen) atoms. The first-order valence-corrected chi connectivity index (χ1v) is 5.80. The molecule has 0 saturated carbocycles. The number of benzene rings is 1. The predicted molar refractivity (Wildman–Crippen MR) is 68.1 cm³/mol. The third kappa shape index (κ3) is 1.64. The van der Waals surface area contributed by atoms with Crippen molar-refractivity contribution in [2.75, 3.05) is 0 Å². The smallest absolute Gasteiger partial charge is 0.309 e. The lowest BCUT2D eigenvalue weighted by molar-refractivity contribution is -0.136. The summed E-state index contributed by atoms with van der Waals surface area (Å²) in [6.07, 6.45) is 1.69. The fourth-order valence-electron chi connectivity index (χ4n) is 2.12. The van der Waals surface area contributed by atoms with Crippen LogP contribution >= 0.6 is 11.6 Å². The van der Waals surface area contributed by atoms with Crippen LogP contribution in [0.3, 0.4) is 0 Å². The van der Waals surface area contributed by atoms with E-state index in [4.69, 9.17) is 16.7 Å². The summed E-state index contributed by atoms with van der Waals surface area (Å²) in [6, 6.07) is 3.68. The summed E-state index contributed by atoms with van der Waals surface area (Å²) in [5.41, 5.74) is 3.36. The van der Waals surface area contributed by atoms with Crippen LogP contribution in [-0.4, -0.2) is 25.4 Å². The molecule has 0 fully saturated rings. The standard InChI is InChI=1S/C12H10ClN3O2/c1-6-2-7(13)3-9-11(6)15-12-14-8(4-10(17)18)5-16(9)12/h2-3,5H,4H2,1H3,(H,14,15)(H,17,18). The van der Waals surface area contributed by atoms with Gasteiger partial charge in [-0.25, -0.2) is 4.98 Å². The number of aromatic nitrogens is 3. The van der Waals surface area contributed by atoms with E-state index in [1.54, 1.807) is 6.20 Å². The van der Waals surface area contributed by atoms with E-state index in [0.717, 1.165) is 16.6 Å². The number of nitrogens with zero attached hydrogens (tertiary/aromatic N) is 2. The van der Waals surface area contributed by atoms with Crippen LogP contribution in [-0.2, 0) is 11.2 Å². The zero-order chi connectivity index (χ0) is 12.9. The van der Waals surface area contributed by atoms with E-state index in [1.807, 2.05) is 23.5 Å². The molecule has 0 unspecified atom stereocenters. The van der Waals surface area contributed by atoms with E-state index >= 15 is 0 Å². The van der Waals surface area contributed by atoms with Crippen LogP contribution in [0, 0.1) is 6.92 Å². The van der Waals surface area contributed by atoms with Crippen LogP contribution in [0.1, 0.15) is 11.3 Å². The first kappa shape index (κ1) is 11.1. The SMILES string of the molecule is Cc1cc(Cl)cc2c1nc1[nH]c(CC(=O)O)cn12. The van der Waals surface area contributed by atoms with Crippen molar-refractivity contribution < 1.29 is 9.90 Å². The van der Waals surface area contributed by atoms with Crippen molar-refractivity contribution in [3.8, 4) is 0 Å². The minimum absolute atomic E-state index is 0.0512. The predicted octanol–water partition coefficient (Wildman–Crippen LogP) is 2.40. The summed E-state index contributed by atoms with van der Waals surface area (Å²) >= 11 is 6.03. The average molecular weight is 264 g/mol. The Bertz CT molecular complexity index is 772.